The molecule has 0 unspecified atom stereocenters. The Morgan fingerprint density at radius 3 is 1.68 bits per heavy atom. The van der Waals surface area contributed by atoms with Crippen LogP contribution in [0.3, 0.4) is 0 Å². The normalized spacial score (nSPS) is 12.8. The van der Waals surface area contributed by atoms with E-state index in [2.05, 4.69) is 117 Å². The highest BCUT2D eigenvalue weighted by Gasteiger charge is 2.37. The fourth-order valence-corrected chi connectivity index (χ4v) is 10.4. The van der Waals surface area contributed by atoms with Gasteiger partial charge in [-0.05, 0) is 85.8 Å². The van der Waals surface area contributed by atoms with E-state index in [1.165, 1.54) is 22.3 Å². The van der Waals surface area contributed by atoms with Gasteiger partial charge < -0.3 is 9.32 Å². The molecular weight excluding hydrogens is 788 g/mol. The van der Waals surface area contributed by atoms with Gasteiger partial charge in [0.15, 0.2) is 0 Å². The van der Waals surface area contributed by atoms with Crippen molar-refractivity contribution < 1.29 is 4.42 Å². The molecule has 0 saturated heterocycles. The van der Waals surface area contributed by atoms with E-state index in [0.29, 0.717) is 5.69 Å². The molecule has 0 atom stereocenters. The summed E-state index contributed by atoms with van der Waals surface area (Å²) < 4.78 is 6.66. The molecule has 1 aliphatic carbocycles. The van der Waals surface area contributed by atoms with E-state index in [1.54, 1.807) is 0 Å². The molecule has 0 bridgehead atoms. The van der Waals surface area contributed by atoms with Crippen LogP contribution in [0, 0.1) is 0 Å². The van der Waals surface area contributed by atoms with E-state index in [-0.39, 0.29) is 65.7 Å². The van der Waals surface area contributed by atoms with Crippen molar-refractivity contribution in [2.24, 2.45) is 0 Å². The maximum absolute atomic E-state index is 7.23. The Morgan fingerprint density at radius 2 is 0.970 bits per heavy atom. The quantitative estimate of drug-likeness (QED) is 0.228. The predicted octanol–water partition coefficient (Wildman–Crippen LogP) is 4.66. The number of benzene rings is 9. The summed E-state index contributed by atoms with van der Waals surface area (Å²) in [6.45, 7) is 4.58. The van der Waals surface area contributed by atoms with Gasteiger partial charge >= 0.3 is 0 Å². The number of hydrogen-bond acceptors (Lipinski definition) is 2. The van der Waals surface area contributed by atoms with Gasteiger partial charge in [-0.1, -0.05) is 162 Å². The van der Waals surface area contributed by atoms with Gasteiger partial charge in [0, 0.05) is 38.5 Å². The number of furan rings is 1. The van der Waals surface area contributed by atoms with Crippen LogP contribution in [0.4, 0.5) is 17.1 Å². The maximum Gasteiger partial charge on any atom is 0.143 e. The summed E-state index contributed by atoms with van der Waals surface area (Å²) >= 11 is 0. The van der Waals surface area contributed by atoms with Crippen LogP contribution in [0.1, 0.15) is 25.0 Å². The summed E-state index contributed by atoms with van der Waals surface area (Å²) in [5.41, 5.74) is 13.3. The molecule has 0 saturated carbocycles. The van der Waals surface area contributed by atoms with Crippen molar-refractivity contribution in [1.29, 1.82) is 0 Å². The third-order valence-electron chi connectivity index (χ3n) is 13.6. The van der Waals surface area contributed by atoms with E-state index >= 15 is 0 Å². The fraction of sp³-hybridized carbons (Fsp3) is 0.0545. The van der Waals surface area contributed by atoms with E-state index in [0.717, 1.165) is 66.3 Å². The minimum atomic E-state index is -0.219. The van der Waals surface area contributed by atoms with Gasteiger partial charge in [0.25, 0.3) is 0 Å². The van der Waals surface area contributed by atoms with E-state index in [9.17, 15) is 0 Å². The van der Waals surface area contributed by atoms with Crippen molar-refractivity contribution in [3.05, 3.63) is 157 Å². The van der Waals surface area contributed by atoms with Crippen molar-refractivity contribution in [2.75, 3.05) is 4.90 Å². The minimum Gasteiger partial charge on any atom is -0.455 e. The lowest BCUT2D eigenvalue weighted by Gasteiger charge is -2.35. The molecule has 10 aromatic rings. The van der Waals surface area contributed by atoms with Gasteiger partial charge in [0.1, 0.15) is 81.8 Å². The summed E-state index contributed by atoms with van der Waals surface area (Å²) in [6.07, 6.45) is 0. The van der Waals surface area contributed by atoms with Crippen molar-refractivity contribution in [2.45, 2.75) is 19.3 Å². The van der Waals surface area contributed by atoms with E-state index < -0.39 is 0 Å². The van der Waals surface area contributed by atoms with Crippen LogP contribution in [0.5, 0.6) is 0 Å². The molecule has 11 heteroatoms. The largest absolute Gasteiger partial charge is 0.455 e. The maximum atomic E-state index is 7.23. The standard InChI is InChI=1S/C55H30B9NO/c1-55(2)37-18-7-5-13-32(37)35-17-9-15-30(43(35)55)28-21-24-29(25-22-28)65(53-51(63)46(58)42(47(59)52(53)64)41-44(56)48(60)50(62)49(61)45(41)57)38-19-8-6-14-33(38)34-16-10-20-39-40(34)36-26-23-27-11-3-4-12-31(27)54(36)66-39/h3-26H,1-2H3. The lowest BCUT2D eigenvalue weighted by molar-refractivity contribution is 0.662. The number of anilines is 3. The molecule has 1 heterocycles. The molecule has 0 aliphatic heterocycles. The number of para-hydroxylation sites is 1. The molecule has 2 nitrogen and oxygen atoms in total. The van der Waals surface area contributed by atoms with Crippen molar-refractivity contribution in [3.8, 4) is 44.5 Å². The second kappa shape index (κ2) is 15.5. The monoisotopic (exact) mass is 819 g/mol. The third kappa shape index (κ3) is 6.08. The minimum absolute atomic E-state index is 0.0395. The summed E-state index contributed by atoms with van der Waals surface area (Å²) in [5, 5.41) is 4.06. The van der Waals surface area contributed by atoms with Gasteiger partial charge in [-0.2, -0.15) is 0 Å². The first-order chi connectivity index (χ1) is 31.8. The third-order valence-corrected chi connectivity index (χ3v) is 13.6. The molecule has 288 valence electrons. The van der Waals surface area contributed by atoms with Crippen LogP contribution in [0.2, 0.25) is 0 Å². The van der Waals surface area contributed by atoms with Crippen LogP contribution in [-0.2, 0) is 5.41 Å². The SMILES string of the molecule is [B]c1c([B])c([B])c(-c2c([B])c([B])c(N(c3ccc(-c4cccc5c4C(C)(C)c4ccccc4-5)cc3)c3ccccc3-c3cccc4oc5c6ccccc6ccc5c34)c([B])c2[B])c([B])c1[B]. The van der Waals surface area contributed by atoms with Crippen molar-refractivity contribution >= 4 is 170 Å². The van der Waals surface area contributed by atoms with Gasteiger partial charge in [-0.25, -0.2) is 0 Å². The highest BCUT2D eigenvalue weighted by molar-refractivity contribution is 6.71. The Labute approximate surface area is 397 Å². The first-order valence-corrected chi connectivity index (χ1v) is 21.6. The van der Waals surface area contributed by atoms with Crippen LogP contribution in [0.15, 0.2) is 150 Å². The second-order valence-corrected chi connectivity index (χ2v) is 17.6. The first-order valence-electron chi connectivity index (χ1n) is 21.6. The average molecular weight is 818 g/mol. The Kier molecular flexibility index (Phi) is 9.89. The lowest BCUT2D eigenvalue weighted by Crippen LogP contribution is -2.57. The van der Waals surface area contributed by atoms with Crippen molar-refractivity contribution in [1.82, 2.24) is 0 Å². The van der Waals surface area contributed by atoms with Gasteiger partial charge in [0.2, 0.25) is 0 Å². The molecule has 1 aromatic heterocycles. The second-order valence-electron chi connectivity index (χ2n) is 17.6. The Morgan fingerprint density at radius 1 is 0.424 bits per heavy atom. The van der Waals surface area contributed by atoms with Crippen molar-refractivity contribution in [3.63, 3.8) is 0 Å². The van der Waals surface area contributed by atoms with E-state index in [4.69, 9.17) is 75.0 Å². The summed E-state index contributed by atoms with van der Waals surface area (Å²) in [5.74, 6) is 0. The molecule has 0 N–H and O–H groups in total. The molecule has 1 aliphatic rings. The number of hydrogen-bond donors (Lipinski definition) is 0. The van der Waals surface area contributed by atoms with Crippen LogP contribution in [0.25, 0.3) is 77.2 Å². The number of fused-ring (bicyclic) bond motifs is 8. The van der Waals surface area contributed by atoms with Crippen LogP contribution < -0.4 is 54.1 Å². The smallest absolute Gasteiger partial charge is 0.143 e. The molecular formula is C55H30B9NO. The molecule has 0 fully saturated rings. The zero-order chi connectivity index (χ0) is 45.9. The van der Waals surface area contributed by atoms with Crippen LogP contribution >= 0.6 is 0 Å². The summed E-state index contributed by atoms with van der Waals surface area (Å²) in [4.78, 5) is 2.00. The summed E-state index contributed by atoms with van der Waals surface area (Å²) in [6, 6.07) is 50.2. The van der Waals surface area contributed by atoms with Gasteiger partial charge in [-0.15, -0.1) is 16.4 Å². The molecule has 18 radical (unpaired) electrons. The van der Waals surface area contributed by atoms with E-state index in [1.807, 2.05) is 47.4 Å². The molecule has 0 amide bonds. The molecule has 0 spiro atoms. The zero-order valence-corrected chi connectivity index (χ0v) is 36.4. The Balaban J connectivity index is 1.15. The predicted molar refractivity (Wildman–Crippen MR) is 288 cm³/mol. The highest BCUT2D eigenvalue weighted by Crippen LogP contribution is 2.52. The summed E-state index contributed by atoms with van der Waals surface area (Å²) in [7, 11) is 60.6. The average Bonchev–Trinajstić information content (AvgIpc) is 3.85. The molecule has 9 aromatic carbocycles. The van der Waals surface area contributed by atoms with Gasteiger partial charge in [-0.3, -0.25) is 0 Å². The number of rotatable bonds is 6. The lowest BCUT2D eigenvalue weighted by atomic mass is 9.56. The molecule has 11 rings (SSSR count). The first kappa shape index (κ1) is 42.1. The fourth-order valence-electron chi connectivity index (χ4n) is 10.4. The Bertz CT molecular complexity index is 3630. The van der Waals surface area contributed by atoms with Gasteiger partial charge in [0.05, 0.1) is 5.69 Å². The number of nitrogens with zero attached hydrogens (tertiary/aromatic N) is 1. The molecule has 66 heavy (non-hydrogen) atoms. The topological polar surface area (TPSA) is 16.4 Å². The zero-order valence-electron chi connectivity index (χ0n) is 36.4. The Hall–Kier alpha value is -6.58. The highest BCUT2D eigenvalue weighted by atomic mass is 16.3. The van der Waals surface area contributed by atoms with Crippen LogP contribution in [-0.4, -0.2) is 70.6 Å².